The molecule has 0 atom stereocenters. The lowest BCUT2D eigenvalue weighted by Gasteiger charge is -2.32. The summed E-state index contributed by atoms with van der Waals surface area (Å²) < 4.78 is 14.0. The van der Waals surface area contributed by atoms with Gasteiger partial charge in [-0.15, -0.1) is 0 Å². The van der Waals surface area contributed by atoms with Crippen LogP contribution in [0.25, 0.3) is 0 Å². The van der Waals surface area contributed by atoms with Gasteiger partial charge in [-0.3, -0.25) is 9.69 Å². The Morgan fingerprint density at radius 2 is 1.89 bits per heavy atom. The highest BCUT2D eigenvalue weighted by molar-refractivity contribution is 6.00. The van der Waals surface area contributed by atoms with E-state index in [1.54, 1.807) is 6.07 Å². The molecule has 1 aliphatic heterocycles. The number of likely N-dealkylation sites (N-methyl/N-ethyl adjacent to an activating group) is 1. The zero-order valence-electron chi connectivity index (χ0n) is 11.3. The second-order valence-electron chi connectivity index (χ2n) is 5.61. The van der Waals surface area contributed by atoms with Crippen molar-refractivity contribution in [3.05, 3.63) is 34.6 Å². The van der Waals surface area contributed by atoms with E-state index in [2.05, 4.69) is 16.8 Å². The number of rotatable bonds is 2. The van der Waals surface area contributed by atoms with E-state index in [0.717, 1.165) is 38.3 Å². The maximum Gasteiger partial charge on any atom is 0.163 e. The van der Waals surface area contributed by atoms with E-state index in [4.69, 9.17) is 0 Å². The molecule has 0 aromatic heterocycles. The van der Waals surface area contributed by atoms with Gasteiger partial charge in [0.25, 0.3) is 0 Å². The van der Waals surface area contributed by atoms with Gasteiger partial charge in [0.1, 0.15) is 5.82 Å². The predicted octanol–water partition coefficient (Wildman–Crippen LogP) is 1.70. The summed E-state index contributed by atoms with van der Waals surface area (Å²) in [5.74, 6) is -0.110. The predicted molar refractivity (Wildman–Crippen MR) is 71.8 cm³/mol. The van der Waals surface area contributed by atoms with E-state index in [1.165, 1.54) is 0 Å². The van der Waals surface area contributed by atoms with Gasteiger partial charge < -0.3 is 4.90 Å². The molecule has 0 amide bonds. The third-order valence-electron chi connectivity index (χ3n) is 4.16. The van der Waals surface area contributed by atoms with Crippen LogP contribution >= 0.6 is 0 Å². The Bertz CT molecular complexity index is 507. The first kappa shape index (κ1) is 12.8. The number of fused-ring (bicyclic) bond motifs is 1. The molecule has 102 valence electrons. The van der Waals surface area contributed by atoms with Crippen LogP contribution < -0.4 is 0 Å². The lowest BCUT2D eigenvalue weighted by atomic mass is 10.0. The van der Waals surface area contributed by atoms with Gasteiger partial charge in [-0.05, 0) is 36.7 Å². The minimum atomic E-state index is -0.201. The van der Waals surface area contributed by atoms with E-state index in [1.807, 2.05) is 6.07 Å². The highest BCUT2D eigenvalue weighted by Gasteiger charge is 2.24. The number of carbonyl (C=O) groups is 1. The quantitative estimate of drug-likeness (QED) is 0.810. The van der Waals surface area contributed by atoms with Crippen LogP contribution in [0.1, 0.15) is 27.9 Å². The third-order valence-corrected chi connectivity index (χ3v) is 4.16. The van der Waals surface area contributed by atoms with Crippen LogP contribution in [-0.4, -0.2) is 48.8 Å². The van der Waals surface area contributed by atoms with Gasteiger partial charge in [0, 0.05) is 44.7 Å². The summed E-state index contributed by atoms with van der Waals surface area (Å²) in [5.41, 5.74) is 2.16. The smallest absolute Gasteiger partial charge is 0.163 e. The lowest BCUT2D eigenvalue weighted by molar-refractivity contribution is 0.0994. The van der Waals surface area contributed by atoms with Crippen LogP contribution in [0.5, 0.6) is 0 Å². The molecule has 0 bridgehead atoms. The average molecular weight is 262 g/mol. The van der Waals surface area contributed by atoms with Gasteiger partial charge in [0.15, 0.2) is 5.78 Å². The Morgan fingerprint density at radius 3 is 2.63 bits per heavy atom. The van der Waals surface area contributed by atoms with Crippen molar-refractivity contribution < 1.29 is 9.18 Å². The zero-order valence-corrected chi connectivity index (χ0v) is 11.3. The monoisotopic (exact) mass is 262 g/mol. The van der Waals surface area contributed by atoms with Crippen molar-refractivity contribution in [1.82, 2.24) is 9.80 Å². The average Bonchev–Trinajstić information content (AvgIpc) is 2.75. The molecular formula is C15H19FN2O. The molecule has 19 heavy (non-hydrogen) atoms. The molecule has 1 aliphatic carbocycles. The van der Waals surface area contributed by atoms with Crippen LogP contribution in [-0.2, 0) is 13.0 Å². The summed E-state index contributed by atoms with van der Waals surface area (Å²) in [4.78, 5) is 16.3. The number of hydrogen-bond donors (Lipinski definition) is 0. The van der Waals surface area contributed by atoms with Gasteiger partial charge in [-0.25, -0.2) is 4.39 Å². The fraction of sp³-hybridized carbons (Fsp3) is 0.533. The molecular weight excluding hydrogens is 243 g/mol. The molecule has 1 saturated heterocycles. The summed E-state index contributed by atoms with van der Waals surface area (Å²) in [5, 5.41) is 0. The first-order chi connectivity index (χ1) is 9.13. The number of carbonyl (C=O) groups excluding carboxylic acids is 1. The molecule has 3 rings (SSSR count). The Kier molecular flexibility index (Phi) is 3.37. The normalized spacial score (nSPS) is 20.8. The minimum Gasteiger partial charge on any atom is -0.304 e. The van der Waals surface area contributed by atoms with E-state index in [9.17, 15) is 9.18 Å². The molecule has 2 aliphatic rings. The van der Waals surface area contributed by atoms with Crippen molar-refractivity contribution in [3.63, 3.8) is 0 Å². The molecule has 0 unspecified atom stereocenters. The van der Waals surface area contributed by atoms with Gasteiger partial charge >= 0.3 is 0 Å². The standard InChI is InChI=1S/C15H19FN2O/c1-17-4-6-18(7-5-17)10-11-8-13-12(14(16)9-11)2-3-15(13)19/h8-9H,2-7,10H2,1H3. The van der Waals surface area contributed by atoms with Crippen molar-refractivity contribution in [2.75, 3.05) is 33.2 Å². The van der Waals surface area contributed by atoms with Gasteiger partial charge in [0.2, 0.25) is 0 Å². The third kappa shape index (κ3) is 2.55. The Morgan fingerprint density at radius 1 is 1.16 bits per heavy atom. The maximum atomic E-state index is 14.0. The number of Topliss-reactive ketones (excluding diaryl/α,β-unsaturated/α-hetero) is 1. The second kappa shape index (κ2) is 5.02. The SMILES string of the molecule is CN1CCN(Cc2cc(F)c3c(c2)C(=O)CC3)CC1. The molecule has 1 aromatic rings. The highest BCUT2D eigenvalue weighted by atomic mass is 19.1. The molecule has 3 nitrogen and oxygen atoms in total. The van der Waals surface area contributed by atoms with E-state index in [-0.39, 0.29) is 11.6 Å². The number of ketones is 1. The van der Waals surface area contributed by atoms with Crippen molar-refractivity contribution in [3.8, 4) is 0 Å². The van der Waals surface area contributed by atoms with E-state index < -0.39 is 0 Å². The highest BCUT2D eigenvalue weighted by Crippen LogP contribution is 2.26. The number of hydrogen-bond acceptors (Lipinski definition) is 3. The fourth-order valence-corrected chi connectivity index (χ4v) is 2.92. The minimum absolute atomic E-state index is 0.0918. The number of halogens is 1. The number of nitrogens with zero attached hydrogens (tertiary/aromatic N) is 2. The second-order valence-corrected chi connectivity index (χ2v) is 5.61. The molecule has 1 heterocycles. The van der Waals surface area contributed by atoms with Crippen molar-refractivity contribution in [2.24, 2.45) is 0 Å². The Hall–Kier alpha value is -1.26. The molecule has 0 radical (unpaired) electrons. The van der Waals surface area contributed by atoms with Crippen LogP contribution in [0.4, 0.5) is 4.39 Å². The zero-order chi connectivity index (χ0) is 13.4. The molecule has 1 aromatic carbocycles. The van der Waals surface area contributed by atoms with E-state index >= 15 is 0 Å². The fourth-order valence-electron chi connectivity index (χ4n) is 2.92. The lowest BCUT2D eigenvalue weighted by Crippen LogP contribution is -2.43. The molecule has 0 saturated carbocycles. The van der Waals surface area contributed by atoms with E-state index in [0.29, 0.717) is 24.0 Å². The van der Waals surface area contributed by atoms with Crippen LogP contribution in [0.2, 0.25) is 0 Å². The summed E-state index contributed by atoms with van der Waals surface area (Å²) in [7, 11) is 2.12. The van der Waals surface area contributed by atoms with Crippen LogP contribution in [0, 0.1) is 5.82 Å². The van der Waals surface area contributed by atoms with Gasteiger partial charge in [-0.1, -0.05) is 0 Å². The van der Waals surface area contributed by atoms with Crippen LogP contribution in [0.15, 0.2) is 12.1 Å². The summed E-state index contributed by atoms with van der Waals surface area (Å²) in [6.07, 6.45) is 1.03. The first-order valence-electron chi connectivity index (χ1n) is 6.89. The Labute approximate surface area is 113 Å². The number of piperazine rings is 1. The number of benzene rings is 1. The molecule has 4 heteroatoms. The molecule has 1 fully saturated rings. The maximum absolute atomic E-state index is 14.0. The van der Waals surface area contributed by atoms with Crippen LogP contribution in [0.3, 0.4) is 0 Å². The molecule has 0 spiro atoms. The first-order valence-corrected chi connectivity index (χ1v) is 6.89. The largest absolute Gasteiger partial charge is 0.304 e. The Balaban J connectivity index is 1.77. The van der Waals surface area contributed by atoms with Crippen molar-refractivity contribution in [2.45, 2.75) is 19.4 Å². The van der Waals surface area contributed by atoms with Crippen molar-refractivity contribution in [1.29, 1.82) is 0 Å². The topological polar surface area (TPSA) is 23.6 Å². The summed E-state index contributed by atoms with van der Waals surface area (Å²) >= 11 is 0. The van der Waals surface area contributed by atoms with Crippen molar-refractivity contribution >= 4 is 5.78 Å². The summed E-state index contributed by atoms with van der Waals surface area (Å²) in [6.45, 7) is 4.84. The summed E-state index contributed by atoms with van der Waals surface area (Å²) in [6, 6.07) is 3.50. The molecule has 0 N–H and O–H groups in total. The van der Waals surface area contributed by atoms with Gasteiger partial charge in [0.05, 0.1) is 0 Å². The van der Waals surface area contributed by atoms with Gasteiger partial charge in [-0.2, -0.15) is 0 Å².